The molecule has 1 unspecified atom stereocenters. The molecule has 3 nitrogen and oxygen atoms in total. The number of aliphatic carboxylic acids is 1. The molecule has 1 aliphatic rings. The molecule has 1 fully saturated rings. The van der Waals surface area contributed by atoms with Gasteiger partial charge in [0.15, 0.2) is 6.10 Å². The van der Waals surface area contributed by atoms with E-state index in [-0.39, 0.29) is 0 Å². The van der Waals surface area contributed by atoms with Gasteiger partial charge >= 0.3 is 5.97 Å². The number of carboxylic acid groups (broad SMARTS) is 1. The molecule has 0 aromatic heterocycles. The Bertz CT molecular complexity index is 443. The lowest BCUT2D eigenvalue weighted by Gasteiger charge is -2.19. The zero-order valence-electron chi connectivity index (χ0n) is 8.28. The Balaban J connectivity index is 2.37. The number of rotatable bonds is 3. The monoisotopic (exact) mass is 288 g/mol. The Kier molecular flexibility index (Phi) is 2.75. The van der Waals surface area contributed by atoms with Crippen molar-refractivity contribution in [1.29, 1.82) is 0 Å². The minimum atomic E-state index is -1.46. The molecule has 5 heteroatoms. The first-order valence-electron chi connectivity index (χ1n) is 4.84. The Hall–Kier alpha value is -0.940. The predicted molar refractivity (Wildman–Crippen MR) is 58.7 cm³/mol. The van der Waals surface area contributed by atoms with Crippen molar-refractivity contribution in [3.8, 4) is 0 Å². The fraction of sp³-hybridized carbons (Fsp3) is 0.364. The van der Waals surface area contributed by atoms with E-state index in [2.05, 4.69) is 15.9 Å². The number of carbonyl (C=O) groups is 1. The Morgan fingerprint density at radius 2 is 2.12 bits per heavy atom. The molecule has 86 valence electrons. The van der Waals surface area contributed by atoms with E-state index < -0.39 is 23.3 Å². The van der Waals surface area contributed by atoms with Crippen LogP contribution in [0.3, 0.4) is 0 Å². The average Bonchev–Trinajstić information content (AvgIpc) is 3.02. The van der Waals surface area contributed by atoms with E-state index in [0.29, 0.717) is 22.9 Å². The van der Waals surface area contributed by atoms with Gasteiger partial charge in [-0.25, -0.2) is 9.18 Å². The first-order valence-corrected chi connectivity index (χ1v) is 5.63. The zero-order valence-corrected chi connectivity index (χ0v) is 9.87. The molecule has 0 amide bonds. The summed E-state index contributed by atoms with van der Waals surface area (Å²) in [5.41, 5.74) is -0.254. The molecule has 0 spiro atoms. The number of halogens is 2. The SMILES string of the molecule is O=C(O)C(O)C1(c2ccc(Br)c(F)c2)CC1. The molecule has 2 N–H and O–H groups in total. The average molecular weight is 289 g/mol. The molecule has 0 heterocycles. The Morgan fingerprint density at radius 3 is 2.56 bits per heavy atom. The normalized spacial score (nSPS) is 19.2. The van der Waals surface area contributed by atoms with Crippen molar-refractivity contribution < 1.29 is 19.4 Å². The number of benzene rings is 1. The quantitative estimate of drug-likeness (QED) is 0.895. The molecule has 0 saturated heterocycles. The maximum absolute atomic E-state index is 13.3. The fourth-order valence-corrected chi connectivity index (χ4v) is 2.14. The highest BCUT2D eigenvalue weighted by atomic mass is 79.9. The minimum Gasteiger partial charge on any atom is -0.479 e. The van der Waals surface area contributed by atoms with E-state index in [1.54, 1.807) is 6.07 Å². The van der Waals surface area contributed by atoms with Crippen LogP contribution in [0.2, 0.25) is 0 Å². The maximum Gasteiger partial charge on any atom is 0.333 e. The molecule has 16 heavy (non-hydrogen) atoms. The van der Waals surface area contributed by atoms with Gasteiger partial charge < -0.3 is 10.2 Å². The van der Waals surface area contributed by atoms with Crippen LogP contribution in [0, 0.1) is 5.82 Å². The second kappa shape index (κ2) is 3.82. The second-order valence-corrected chi connectivity index (χ2v) is 4.88. The molecule has 1 aromatic rings. The van der Waals surface area contributed by atoms with Crippen LogP contribution in [-0.4, -0.2) is 22.3 Å². The highest BCUT2D eigenvalue weighted by Crippen LogP contribution is 2.51. The van der Waals surface area contributed by atoms with Gasteiger partial charge in [-0.05, 0) is 46.5 Å². The van der Waals surface area contributed by atoms with Gasteiger partial charge in [0.2, 0.25) is 0 Å². The summed E-state index contributed by atoms with van der Waals surface area (Å²) in [6, 6.07) is 4.45. The number of carboxylic acids is 1. The highest BCUT2D eigenvalue weighted by Gasteiger charge is 2.53. The molecule has 1 atom stereocenters. The van der Waals surface area contributed by atoms with Crippen molar-refractivity contribution in [3.05, 3.63) is 34.1 Å². The van der Waals surface area contributed by atoms with Crippen LogP contribution in [0.5, 0.6) is 0 Å². The van der Waals surface area contributed by atoms with Crippen molar-refractivity contribution >= 4 is 21.9 Å². The largest absolute Gasteiger partial charge is 0.479 e. The van der Waals surface area contributed by atoms with E-state index in [1.807, 2.05) is 0 Å². The standard InChI is InChI=1S/C11H10BrFO3/c12-7-2-1-6(5-8(7)13)11(3-4-11)9(14)10(15)16/h1-2,5,9,14H,3-4H2,(H,15,16). The lowest BCUT2D eigenvalue weighted by Crippen LogP contribution is -2.33. The van der Waals surface area contributed by atoms with Crippen molar-refractivity contribution in [3.63, 3.8) is 0 Å². The molecule has 1 aromatic carbocycles. The molecule has 1 aliphatic carbocycles. The summed E-state index contributed by atoms with van der Waals surface area (Å²) >= 11 is 3.03. The first-order chi connectivity index (χ1) is 7.47. The van der Waals surface area contributed by atoms with Crippen molar-refractivity contribution in [2.75, 3.05) is 0 Å². The molecule has 1 saturated carbocycles. The van der Waals surface area contributed by atoms with Gasteiger partial charge in [-0.3, -0.25) is 0 Å². The number of aliphatic hydroxyl groups is 1. The maximum atomic E-state index is 13.3. The third-order valence-corrected chi connectivity index (χ3v) is 3.68. The van der Waals surface area contributed by atoms with Gasteiger partial charge in [-0.15, -0.1) is 0 Å². The molecular weight excluding hydrogens is 279 g/mol. The third kappa shape index (κ3) is 1.74. The second-order valence-electron chi connectivity index (χ2n) is 4.03. The Labute approximate surface area is 100 Å². The van der Waals surface area contributed by atoms with Crippen molar-refractivity contribution in [2.24, 2.45) is 0 Å². The number of aliphatic hydroxyl groups excluding tert-OH is 1. The van der Waals surface area contributed by atoms with E-state index in [4.69, 9.17) is 5.11 Å². The third-order valence-electron chi connectivity index (χ3n) is 3.04. The van der Waals surface area contributed by atoms with Gasteiger partial charge in [-0.1, -0.05) is 6.07 Å². The van der Waals surface area contributed by atoms with Crippen LogP contribution >= 0.6 is 15.9 Å². The smallest absolute Gasteiger partial charge is 0.333 e. The summed E-state index contributed by atoms with van der Waals surface area (Å²) < 4.78 is 13.7. The molecule has 2 rings (SSSR count). The van der Waals surface area contributed by atoms with Gasteiger partial charge in [0.25, 0.3) is 0 Å². The van der Waals surface area contributed by atoms with Gasteiger partial charge in [0.1, 0.15) is 5.82 Å². The number of hydrogen-bond donors (Lipinski definition) is 2. The minimum absolute atomic E-state index is 0.330. The molecule has 0 bridgehead atoms. The van der Waals surface area contributed by atoms with Crippen LogP contribution in [0.25, 0.3) is 0 Å². The summed E-state index contributed by atoms with van der Waals surface area (Å²) in [6.07, 6.45) is -0.323. The first kappa shape index (κ1) is 11.5. The van der Waals surface area contributed by atoms with Crippen molar-refractivity contribution in [2.45, 2.75) is 24.4 Å². The zero-order chi connectivity index (χ0) is 11.9. The lowest BCUT2D eigenvalue weighted by molar-refractivity contribution is -0.148. The lowest BCUT2D eigenvalue weighted by atomic mass is 9.90. The van der Waals surface area contributed by atoms with Crippen LogP contribution in [0.4, 0.5) is 4.39 Å². The van der Waals surface area contributed by atoms with Gasteiger partial charge in [-0.2, -0.15) is 0 Å². The summed E-state index contributed by atoms with van der Waals surface area (Å²) in [4.78, 5) is 10.8. The van der Waals surface area contributed by atoms with E-state index >= 15 is 0 Å². The van der Waals surface area contributed by atoms with Crippen LogP contribution in [0.1, 0.15) is 18.4 Å². The summed E-state index contributed by atoms with van der Waals surface area (Å²) in [6.45, 7) is 0. The van der Waals surface area contributed by atoms with Gasteiger partial charge in [0.05, 0.1) is 4.47 Å². The van der Waals surface area contributed by atoms with Crippen LogP contribution in [0.15, 0.2) is 22.7 Å². The van der Waals surface area contributed by atoms with Crippen molar-refractivity contribution in [1.82, 2.24) is 0 Å². The Morgan fingerprint density at radius 1 is 1.50 bits per heavy atom. The number of hydrogen-bond acceptors (Lipinski definition) is 2. The molecule has 0 aliphatic heterocycles. The predicted octanol–water partition coefficient (Wildman–Crippen LogP) is 2.07. The van der Waals surface area contributed by atoms with E-state index in [1.165, 1.54) is 12.1 Å². The topological polar surface area (TPSA) is 57.5 Å². The molecule has 0 radical (unpaired) electrons. The molecular formula is C11H10BrFO3. The van der Waals surface area contributed by atoms with Gasteiger partial charge in [0, 0.05) is 5.41 Å². The van der Waals surface area contributed by atoms with E-state index in [0.717, 1.165) is 0 Å². The summed E-state index contributed by atoms with van der Waals surface area (Å²) in [7, 11) is 0. The van der Waals surface area contributed by atoms with E-state index in [9.17, 15) is 14.3 Å². The van der Waals surface area contributed by atoms with Crippen LogP contribution in [-0.2, 0) is 10.2 Å². The van der Waals surface area contributed by atoms with Crippen LogP contribution < -0.4 is 0 Å². The highest BCUT2D eigenvalue weighted by molar-refractivity contribution is 9.10. The fourth-order valence-electron chi connectivity index (χ4n) is 1.90. The summed E-state index contributed by atoms with van der Waals surface area (Å²) in [5.74, 6) is -1.71. The summed E-state index contributed by atoms with van der Waals surface area (Å²) in [5, 5.41) is 18.4.